The highest BCUT2D eigenvalue weighted by Crippen LogP contribution is 2.15. The van der Waals surface area contributed by atoms with Gasteiger partial charge >= 0.3 is 0 Å². The summed E-state index contributed by atoms with van der Waals surface area (Å²) in [4.78, 5) is 14.2. The molecule has 1 fully saturated rings. The highest BCUT2D eigenvalue weighted by molar-refractivity contribution is 6.18. The van der Waals surface area contributed by atoms with E-state index < -0.39 is 0 Å². The van der Waals surface area contributed by atoms with Crippen molar-refractivity contribution < 1.29 is 9.53 Å². The molecule has 2 unspecified atom stereocenters. The molecule has 0 aliphatic carbocycles. The van der Waals surface area contributed by atoms with Crippen molar-refractivity contribution in [3.63, 3.8) is 0 Å². The maximum atomic E-state index is 12.4. The molecule has 104 valence electrons. The molecule has 3 nitrogen and oxygen atoms in total. The number of carbonyl (C=O) groups excluding carboxylic acids is 1. The van der Waals surface area contributed by atoms with Crippen LogP contribution in [0.4, 0.5) is 0 Å². The molecule has 0 radical (unpaired) electrons. The number of ether oxygens (including phenoxy) is 1. The number of hydrogen-bond donors (Lipinski definition) is 0. The summed E-state index contributed by atoms with van der Waals surface area (Å²) in [5.74, 6) is 0.580. The first-order valence-corrected chi connectivity index (χ1v) is 7.16. The molecule has 2 rings (SSSR count). The summed E-state index contributed by atoms with van der Waals surface area (Å²) in [6, 6.07) is 8.21. The molecule has 4 heteroatoms. The Balaban J connectivity index is 2.00. The molecule has 1 amide bonds. The van der Waals surface area contributed by atoms with E-state index in [2.05, 4.69) is 0 Å². The molecule has 0 saturated carbocycles. The molecule has 1 heterocycles. The van der Waals surface area contributed by atoms with Gasteiger partial charge in [-0.1, -0.05) is 29.8 Å². The molecule has 1 aromatic rings. The van der Waals surface area contributed by atoms with Gasteiger partial charge in [0.25, 0.3) is 0 Å². The minimum Gasteiger partial charge on any atom is -0.373 e. The molecule has 0 bridgehead atoms. The first-order chi connectivity index (χ1) is 9.10. The van der Waals surface area contributed by atoms with Gasteiger partial charge in [-0.05, 0) is 19.4 Å². The number of hydrogen-bond acceptors (Lipinski definition) is 2. The van der Waals surface area contributed by atoms with Crippen molar-refractivity contribution in [1.82, 2.24) is 4.90 Å². The van der Waals surface area contributed by atoms with Gasteiger partial charge in [0.2, 0.25) is 5.91 Å². The van der Waals surface area contributed by atoms with Gasteiger partial charge in [-0.2, -0.15) is 0 Å². The number of halogens is 1. The summed E-state index contributed by atoms with van der Waals surface area (Å²) in [5, 5.41) is 0. The maximum absolute atomic E-state index is 12.4. The zero-order valence-corrected chi connectivity index (χ0v) is 12.2. The van der Waals surface area contributed by atoms with E-state index in [1.54, 1.807) is 0 Å². The lowest BCUT2D eigenvalue weighted by Crippen LogP contribution is -2.52. The van der Waals surface area contributed by atoms with E-state index in [-0.39, 0.29) is 18.1 Å². The van der Waals surface area contributed by atoms with Crippen LogP contribution in [0.25, 0.3) is 0 Å². The smallest absolute Gasteiger partial charge is 0.227 e. The van der Waals surface area contributed by atoms with Crippen molar-refractivity contribution in [2.24, 2.45) is 0 Å². The fourth-order valence-electron chi connectivity index (χ4n) is 2.24. The van der Waals surface area contributed by atoms with Crippen LogP contribution in [0.1, 0.15) is 18.1 Å². The quantitative estimate of drug-likeness (QED) is 0.796. The Morgan fingerprint density at radius 3 is 2.74 bits per heavy atom. The molecule has 19 heavy (non-hydrogen) atoms. The van der Waals surface area contributed by atoms with E-state index in [1.807, 2.05) is 43.0 Å². The van der Waals surface area contributed by atoms with Gasteiger partial charge in [-0.15, -0.1) is 11.6 Å². The van der Waals surface area contributed by atoms with Crippen molar-refractivity contribution in [3.8, 4) is 0 Å². The zero-order valence-electron chi connectivity index (χ0n) is 11.4. The third-order valence-electron chi connectivity index (χ3n) is 3.47. The van der Waals surface area contributed by atoms with E-state index >= 15 is 0 Å². The topological polar surface area (TPSA) is 29.5 Å². The predicted octanol–water partition coefficient (Wildman–Crippen LogP) is 2.39. The van der Waals surface area contributed by atoms with Crippen LogP contribution in [-0.4, -0.2) is 42.0 Å². The molecule has 1 aromatic carbocycles. The molecular formula is C15H20ClNO2. The molecule has 0 aromatic heterocycles. The minimum atomic E-state index is -0.0418. The predicted molar refractivity (Wildman–Crippen MR) is 76.5 cm³/mol. The number of aryl methyl sites for hydroxylation is 1. The largest absolute Gasteiger partial charge is 0.373 e. The van der Waals surface area contributed by atoms with Gasteiger partial charge < -0.3 is 9.64 Å². The van der Waals surface area contributed by atoms with Crippen molar-refractivity contribution in [1.29, 1.82) is 0 Å². The van der Waals surface area contributed by atoms with E-state index in [0.717, 1.165) is 5.56 Å². The fraction of sp³-hybridized carbons (Fsp3) is 0.533. The van der Waals surface area contributed by atoms with E-state index in [1.165, 1.54) is 5.56 Å². The first kappa shape index (κ1) is 14.4. The number of carbonyl (C=O) groups is 1. The molecule has 1 aliphatic rings. The van der Waals surface area contributed by atoms with Crippen LogP contribution >= 0.6 is 11.6 Å². The van der Waals surface area contributed by atoms with Crippen LogP contribution in [0, 0.1) is 6.92 Å². The van der Waals surface area contributed by atoms with Crippen LogP contribution in [-0.2, 0) is 16.0 Å². The molecule has 1 saturated heterocycles. The Morgan fingerprint density at radius 2 is 2.11 bits per heavy atom. The summed E-state index contributed by atoms with van der Waals surface area (Å²) in [6.45, 7) is 5.21. The average molecular weight is 282 g/mol. The number of alkyl halides is 1. The number of nitrogens with zero attached hydrogens (tertiary/aromatic N) is 1. The number of rotatable bonds is 3. The summed E-state index contributed by atoms with van der Waals surface area (Å²) < 4.78 is 5.56. The Morgan fingerprint density at radius 1 is 1.42 bits per heavy atom. The van der Waals surface area contributed by atoms with Gasteiger partial charge in [0.05, 0.1) is 31.1 Å². The van der Waals surface area contributed by atoms with Crippen LogP contribution in [0.2, 0.25) is 0 Å². The molecular weight excluding hydrogens is 262 g/mol. The van der Waals surface area contributed by atoms with Gasteiger partial charge in [0.15, 0.2) is 0 Å². The third kappa shape index (κ3) is 3.71. The van der Waals surface area contributed by atoms with Crippen LogP contribution in [0.15, 0.2) is 24.3 Å². The minimum absolute atomic E-state index is 0.0418. The highest BCUT2D eigenvalue weighted by Gasteiger charge is 2.28. The maximum Gasteiger partial charge on any atom is 0.227 e. The van der Waals surface area contributed by atoms with Crippen molar-refractivity contribution in [2.45, 2.75) is 32.4 Å². The van der Waals surface area contributed by atoms with Crippen molar-refractivity contribution in [2.75, 3.05) is 19.0 Å². The fourth-order valence-corrected chi connectivity index (χ4v) is 2.43. The second-order valence-electron chi connectivity index (χ2n) is 5.17. The van der Waals surface area contributed by atoms with E-state index in [9.17, 15) is 4.79 Å². The lowest BCUT2D eigenvalue weighted by Gasteiger charge is -2.37. The van der Waals surface area contributed by atoms with Crippen molar-refractivity contribution in [3.05, 3.63) is 35.4 Å². The van der Waals surface area contributed by atoms with Crippen molar-refractivity contribution >= 4 is 17.5 Å². The molecule has 0 spiro atoms. The van der Waals surface area contributed by atoms with Gasteiger partial charge in [-0.3, -0.25) is 4.79 Å². The molecule has 2 atom stereocenters. The number of amides is 1. The SMILES string of the molecule is Cc1ccc(CC(=O)N2CC(CCl)OCC2C)cc1. The monoisotopic (exact) mass is 281 g/mol. The average Bonchev–Trinajstić information content (AvgIpc) is 2.42. The molecule has 0 N–H and O–H groups in total. The Labute approximate surface area is 119 Å². The standard InChI is InChI=1S/C15H20ClNO2/c1-11-3-5-13(6-4-11)7-15(18)17-9-14(8-16)19-10-12(17)2/h3-6,12,14H,7-10H2,1-2H3. The lowest BCUT2D eigenvalue weighted by molar-refractivity contribution is -0.142. The summed E-state index contributed by atoms with van der Waals surface area (Å²) in [7, 11) is 0. The van der Waals surface area contributed by atoms with E-state index in [4.69, 9.17) is 16.3 Å². The Kier molecular flexibility index (Phi) is 4.83. The van der Waals surface area contributed by atoms with Crippen LogP contribution in [0.3, 0.4) is 0 Å². The first-order valence-electron chi connectivity index (χ1n) is 6.62. The lowest BCUT2D eigenvalue weighted by atomic mass is 10.1. The summed E-state index contributed by atoms with van der Waals surface area (Å²) >= 11 is 5.81. The summed E-state index contributed by atoms with van der Waals surface area (Å²) in [5.41, 5.74) is 2.26. The second-order valence-corrected chi connectivity index (χ2v) is 5.48. The second kappa shape index (κ2) is 6.40. The Bertz CT molecular complexity index is 432. The zero-order chi connectivity index (χ0) is 13.8. The van der Waals surface area contributed by atoms with Gasteiger partial charge in [-0.25, -0.2) is 0 Å². The van der Waals surface area contributed by atoms with Gasteiger partial charge in [0.1, 0.15) is 0 Å². The van der Waals surface area contributed by atoms with Gasteiger partial charge in [0, 0.05) is 6.54 Å². The Hall–Kier alpha value is -1.06. The number of morpholine rings is 1. The highest BCUT2D eigenvalue weighted by atomic mass is 35.5. The summed E-state index contributed by atoms with van der Waals surface area (Å²) in [6.07, 6.45) is 0.402. The number of benzene rings is 1. The third-order valence-corrected chi connectivity index (χ3v) is 3.82. The molecule has 1 aliphatic heterocycles. The van der Waals surface area contributed by atoms with E-state index in [0.29, 0.717) is 25.5 Å². The normalized spacial score (nSPS) is 23.4. The van der Waals surface area contributed by atoms with Crippen LogP contribution in [0.5, 0.6) is 0 Å². The van der Waals surface area contributed by atoms with Crippen LogP contribution < -0.4 is 0 Å².